The van der Waals surface area contributed by atoms with E-state index in [1.807, 2.05) is 4.90 Å². The van der Waals surface area contributed by atoms with Crippen molar-refractivity contribution >= 4 is 41.8 Å². The molecule has 1 unspecified atom stereocenters. The highest BCUT2D eigenvalue weighted by Crippen LogP contribution is 2.23. The first kappa shape index (κ1) is 20.3. The maximum Gasteiger partial charge on any atom is 0.243 e. The standard InChI is InChI=1S/C17H29N5O2.HI/c1-20(2)16(24)11-18-17(19-13-5-3-4-6-13)21-9-10-22-14(12-21)7-8-15(22)23;/h13-14H,3-12H2,1-2H3,(H,18,19);1H. The van der Waals surface area contributed by atoms with E-state index in [-0.39, 0.29) is 42.3 Å². The summed E-state index contributed by atoms with van der Waals surface area (Å²) in [5, 5.41) is 3.57. The van der Waals surface area contributed by atoms with Crippen molar-refractivity contribution in [1.29, 1.82) is 0 Å². The van der Waals surface area contributed by atoms with Crippen LogP contribution < -0.4 is 5.32 Å². The van der Waals surface area contributed by atoms with E-state index in [4.69, 9.17) is 0 Å². The second kappa shape index (κ2) is 9.05. The minimum atomic E-state index is 0. The average Bonchev–Trinajstić information content (AvgIpc) is 3.20. The summed E-state index contributed by atoms with van der Waals surface area (Å²) in [5.74, 6) is 1.14. The van der Waals surface area contributed by atoms with Crippen LogP contribution in [0.1, 0.15) is 38.5 Å². The van der Waals surface area contributed by atoms with Crippen LogP contribution in [0.2, 0.25) is 0 Å². The van der Waals surface area contributed by atoms with E-state index in [0.29, 0.717) is 18.5 Å². The first-order valence-electron chi connectivity index (χ1n) is 9.10. The van der Waals surface area contributed by atoms with E-state index in [1.54, 1.807) is 19.0 Å². The Bertz CT molecular complexity index is 519. The highest BCUT2D eigenvalue weighted by molar-refractivity contribution is 14.0. The molecule has 0 spiro atoms. The summed E-state index contributed by atoms with van der Waals surface area (Å²) < 4.78 is 0. The van der Waals surface area contributed by atoms with Gasteiger partial charge in [0.1, 0.15) is 6.54 Å². The molecule has 7 nitrogen and oxygen atoms in total. The zero-order valence-electron chi connectivity index (χ0n) is 15.2. The minimum absolute atomic E-state index is 0. The van der Waals surface area contributed by atoms with Crippen LogP contribution in [-0.2, 0) is 9.59 Å². The third-order valence-electron chi connectivity index (χ3n) is 5.35. The second-order valence-corrected chi connectivity index (χ2v) is 7.28. The molecule has 25 heavy (non-hydrogen) atoms. The monoisotopic (exact) mass is 463 g/mol. The number of carbonyl (C=O) groups excluding carboxylic acids is 2. The summed E-state index contributed by atoms with van der Waals surface area (Å²) >= 11 is 0. The van der Waals surface area contributed by atoms with Crippen LogP contribution in [0.15, 0.2) is 4.99 Å². The predicted octanol–water partition coefficient (Wildman–Crippen LogP) is 0.887. The number of rotatable bonds is 3. The number of piperazine rings is 1. The van der Waals surface area contributed by atoms with Crippen LogP contribution in [0.25, 0.3) is 0 Å². The summed E-state index contributed by atoms with van der Waals surface area (Å²) in [7, 11) is 3.51. The number of halogens is 1. The Morgan fingerprint density at radius 2 is 1.96 bits per heavy atom. The molecule has 0 aromatic heterocycles. The molecule has 3 rings (SSSR count). The lowest BCUT2D eigenvalue weighted by Crippen LogP contribution is -2.57. The number of hydrogen-bond donors (Lipinski definition) is 1. The Morgan fingerprint density at radius 3 is 2.64 bits per heavy atom. The van der Waals surface area contributed by atoms with Crippen molar-refractivity contribution in [1.82, 2.24) is 20.0 Å². The number of amides is 2. The van der Waals surface area contributed by atoms with E-state index in [1.165, 1.54) is 25.7 Å². The van der Waals surface area contributed by atoms with Gasteiger partial charge in [-0.25, -0.2) is 4.99 Å². The Hall–Kier alpha value is -1.06. The number of nitrogens with zero attached hydrogens (tertiary/aromatic N) is 4. The van der Waals surface area contributed by atoms with Gasteiger partial charge in [0.2, 0.25) is 11.8 Å². The highest BCUT2D eigenvalue weighted by atomic mass is 127. The highest BCUT2D eigenvalue weighted by Gasteiger charge is 2.36. The van der Waals surface area contributed by atoms with E-state index < -0.39 is 0 Å². The van der Waals surface area contributed by atoms with Gasteiger partial charge in [0, 0.05) is 52.2 Å². The van der Waals surface area contributed by atoms with Gasteiger partial charge in [0.15, 0.2) is 5.96 Å². The van der Waals surface area contributed by atoms with Gasteiger partial charge in [0.05, 0.1) is 0 Å². The molecular weight excluding hydrogens is 433 g/mol. The molecule has 0 bridgehead atoms. The molecule has 142 valence electrons. The average molecular weight is 463 g/mol. The van der Waals surface area contributed by atoms with E-state index in [9.17, 15) is 9.59 Å². The number of nitrogens with one attached hydrogen (secondary N) is 1. The van der Waals surface area contributed by atoms with Crippen molar-refractivity contribution in [2.75, 3.05) is 40.3 Å². The van der Waals surface area contributed by atoms with Gasteiger partial charge in [-0.1, -0.05) is 12.8 Å². The number of hydrogen-bond acceptors (Lipinski definition) is 3. The van der Waals surface area contributed by atoms with Gasteiger partial charge in [-0.05, 0) is 19.3 Å². The molecule has 1 aliphatic carbocycles. The fraction of sp³-hybridized carbons (Fsp3) is 0.824. The quantitative estimate of drug-likeness (QED) is 0.384. The number of likely N-dealkylation sites (N-methyl/N-ethyl adjacent to an activating group) is 1. The van der Waals surface area contributed by atoms with Gasteiger partial charge in [0.25, 0.3) is 0 Å². The van der Waals surface area contributed by atoms with Crippen molar-refractivity contribution in [2.24, 2.45) is 4.99 Å². The van der Waals surface area contributed by atoms with Crippen LogP contribution >= 0.6 is 24.0 Å². The first-order valence-corrected chi connectivity index (χ1v) is 9.10. The van der Waals surface area contributed by atoms with E-state index >= 15 is 0 Å². The van der Waals surface area contributed by atoms with Crippen molar-refractivity contribution in [3.63, 3.8) is 0 Å². The number of aliphatic imine (C=N–C) groups is 1. The molecule has 8 heteroatoms. The molecule has 3 aliphatic rings. The molecule has 2 amide bonds. The van der Waals surface area contributed by atoms with Crippen LogP contribution in [0.4, 0.5) is 0 Å². The van der Waals surface area contributed by atoms with Gasteiger partial charge in [-0.15, -0.1) is 24.0 Å². The topological polar surface area (TPSA) is 68.2 Å². The third-order valence-corrected chi connectivity index (χ3v) is 5.35. The van der Waals surface area contributed by atoms with E-state index in [0.717, 1.165) is 32.0 Å². The number of carbonyl (C=O) groups is 2. The van der Waals surface area contributed by atoms with Crippen molar-refractivity contribution in [3.8, 4) is 0 Å². The maximum atomic E-state index is 11.9. The molecule has 1 N–H and O–H groups in total. The van der Waals surface area contributed by atoms with E-state index in [2.05, 4.69) is 15.2 Å². The normalized spacial score (nSPS) is 24.2. The Balaban J connectivity index is 0.00000225. The SMILES string of the molecule is CN(C)C(=O)CN=C(NC1CCCC1)N1CCN2C(=O)CCC2C1.I. The van der Waals surface area contributed by atoms with Crippen LogP contribution in [0.5, 0.6) is 0 Å². The Morgan fingerprint density at radius 1 is 1.24 bits per heavy atom. The Labute approximate surface area is 167 Å². The van der Waals surface area contributed by atoms with Gasteiger partial charge in [-0.3, -0.25) is 9.59 Å². The third kappa shape index (κ3) is 4.98. The summed E-state index contributed by atoms with van der Waals surface area (Å²) in [6, 6.07) is 0.757. The molecule has 1 atom stereocenters. The molecule has 0 aromatic rings. The molecule has 1 saturated carbocycles. The van der Waals surface area contributed by atoms with Crippen LogP contribution in [-0.4, -0.2) is 84.8 Å². The largest absolute Gasteiger partial charge is 0.353 e. The molecule has 2 saturated heterocycles. The fourth-order valence-electron chi connectivity index (χ4n) is 3.83. The second-order valence-electron chi connectivity index (χ2n) is 7.28. The zero-order valence-corrected chi connectivity index (χ0v) is 17.6. The van der Waals surface area contributed by atoms with Crippen LogP contribution in [0.3, 0.4) is 0 Å². The van der Waals surface area contributed by atoms with Crippen LogP contribution in [0, 0.1) is 0 Å². The zero-order chi connectivity index (χ0) is 17.1. The minimum Gasteiger partial charge on any atom is -0.353 e. The van der Waals surface area contributed by atoms with Crippen molar-refractivity contribution < 1.29 is 9.59 Å². The lowest BCUT2D eigenvalue weighted by Gasteiger charge is -2.39. The predicted molar refractivity (Wildman–Crippen MR) is 108 cm³/mol. The number of guanidine groups is 1. The summed E-state index contributed by atoms with van der Waals surface area (Å²) in [4.78, 5) is 34.2. The molecule has 0 radical (unpaired) electrons. The molecular formula is C17H30IN5O2. The summed E-state index contributed by atoms with van der Waals surface area (Å²) in [6.45, 7) is 2.54. The van der Waals surface area contributed by atoms with Gasteiger partial charge < -0.3 is 20.0 Å². The maximum absolute atomic E-state index is 11.9. The lowest BCUT2D eigenvalue weighted by atomic mass is 10.1. The molecule has 2 heterocycles. The fourth-order valence-corrected chi connectivity index (χ4v) is 3.83. The Kier molecular flexibility index (Phi) is 7.33. The summed E-state index contributed by atoms with van der Waals surface area (Å²) in [6.07, 6.45) is 6.45. The van der Waals surface area contributed by atoms with Gasteiger partial charge in [-0.2, -0.15) is 0 Å². The number of fused-ring (bicyclic) bond motifs is 1. The molecule has 3 fully saturated rings. The summed E-state index contributed by atoms with van der Waals surface area (Å²) in [5.41, 5.74) is 0. The molecule has 0 aromatic carbocycles. The van der Waals surface area contributed by atoms with Crippen molar-refractivity contribution in [2.45, 2.75) is 50.6 Å². The van der Waals surface area contributed by atoms with Gasteiger partial charge >= 0.3 is 0 Å². The first-order chi connectivity index (χ1) is 11.5. The lowest BCUT2D eigenvalue weighted by molar-refractivity contribution is -0.130. The molecule has 2 aliphatic heterocycles. The van der Waals surface area contributed by atoms with Crippen molar-refractivity contribution in [3.05, 3.63) is 0 Å². The smallest absolute Gasteiger partial charge is 0.243 e.